The Balaban J connectivity index is 3.12. The van der Waals surface area contributed by atoms with Gasteiger partial charge >= 0.3 is 0 Å². The Morgan fingerprint density at radius 3 is 1.65 bits per heavy atom. The minimum Gasteiger partial charge on any atom is -0.392 e. The number of hydrogen-bond acceptors (Lipinski definition) is 1. The molecule has 1 aromatic rings. The third-order valence-corrected chi connectivity index (χ3v) is 4.49. The summed E-state index contributed by atoms with van der Waals surface area (Å²) in [5, 5.41) is 3.14. The van der Waals surface area contributed by atoms with Gasteiger partial charge in [0.2, 0.25) is 0 Å². The standard InChI is InChI=1S/C30H39N/c1-23(2)12-9-14-25(5)18-29-20-28(17-11-16-27(7)31-8)21-30(22-29)19-26(6)15-10-13-24(3)4/h9-17,20-22,31H,5-6,18-19H2,1-4,7-8H3/b14-9-,15-10-,17-11-,27-16-. The average Bonchev–Trinajstić information content (AvgIpc) is 2.67. The van der Waals surface area contributed by atoms with E-state index in [0.717, 1.165) is 29.7 Å². The van der Waals surface area contributed by atoms with Gasteiger partial charge in [-0.15, -0.1) is 0 Å². The summed E-state index contributed by atoms with van der Waals surface area (Å²) in [5.41, 5.74) is 9.60. The average molecular weight is 414 g/mol. The summed E-state index contributed by atoms with van der Waals surface area (Å²) in [6.07, 6.45) is 20.5. The van der Waals surface area contributed by atoms with E-state index in [1.807, 2.05) is 7.05 Å². The Morgan fingerprint density at radius 1 is 0.742 bits per heavy atom. The van der Waals surface area contributed by atoms with E-state index < -0.39 is 0 Å². The third kappa shape index (κ3) is 12.3. The molecule has 0 aliphatic rings. The topological polar surface area (TPSA) is 12.0 Å². The van der Waals surface area contributed by atoms with Crippen LogP contribution in [0, 0.1) is 0 Å². The van der Waals surface area contributed by atoms with E-state index in [2.05, 4.69) is 126 Å². The lowest BCUT2D eigenvalue weighted by atomic mass is 9.96. The highest BCUT2D eigenvalue weighted by atomic mass is 14.8. The van der Waals surface area contributed by atoms with Gasteiger partial charge in [-0.3, -0.25) is 0 Å². The van der Waals surface area contributed by atoms with Gasteiger partial charge in [0.15, 0.2) is 0 Å². The van der Waals surface area contributed by atoms with E-state index in [0.29, 0.717) is 0 Å². The molecule has 0 fully saturated rings. The van der Waals surface area contributed by atoms with E-state index >= 15 is 0 Å². The first-order valence-corrected chi connectivity index (χ1v) is 10.8. The van der Waals surface area contributed by atoms with Crippen LogP contribution in [-0.2, 0) is 12.8 Å². The van der Waals surface area contributed by atoms with Crippen molar-refractivity contribution in [2.24, 2.45) is 0 Å². The third-order valence-electron chi connectivity index (χ3n) is 4.49. The van der Waals surface area contributed by atoms with Crippen LogP contribution >= 0.6 is 0 Å². The summed E-state index contributed by atoms with van der Waals surface area (Å²) in [4.78, 5) is 0. The van der Waals surface area contributed by atoms with E-state index in [9.17, 15) is 0 Å². The van der Waals surface area contributed by atoms with Gasteiger partial charge in [0.25, 0.3) is 0 Å². The molecule has 0 unspecified atom stereocenters. The second-order valence-corrected chi connectivity index (χ2v) is 8.42. The van der Waals surface area contributed by atoms with E-state index in [4.69, 9.17) is 0 Å². The molecule has 0 saturated carbocycles. The molecule has 0 bridgehead atoms. The van der Waals surface area contributed by atoms with Crippen LogP contribution in [0.25, 0.3) is 6.08 Å². The summed E-state index contributed by atoms with van der Waals surface area (Å²) in [6, 6.07) is 6.75. The molecule has 0 spiro atoms. The van der Waals surface area contributed by atoms with Crippen LogP contribution in [0.4, 0.5) is 0 Å². The Bertz CT molecular complexity index is 874. The zero-order chi connectivity index (χ0) is 23.2. The quantitative estimate of drug-likeness (QED) is 0.362. The predicted octanol–water partition coefficient (Wildman–Crippen LogP) is 8.07. The van der Waals surface area contributed by atoms with Crippen LogP contribution in [0.15, 0.2) is 108 Å². The Kier molecular flexibility index (Phi) is 11.8. The second kappa shape index (κ2) is 14.0. The fraction of sp³-hybridized carbons (Fsp3) is 0.267. The molecule has 164 valence electrons. The van der Waals surface area contributed by atoms with E-state index in [1.165, 1.54) is 27.8 Å². The molecule has 31 heavy (non-hydrogen) atoms. The van der Waals surface area contributed by atoms with Gasteiger partial charge in [-0.1, -0.05) is 102 Å². The summed E-state index contributed by atoms with van der Waals surface area (Å²) >= 11 is 0. The lowest BCUT2D eigenvalue weighted by Crippen LogP contribution is -2.00. The molecule has 1 heteroatoms. The largest absolute Gasteiger partial charge is 0.392 e. The number of allylic oxidation sites excluding steroid dienone is 13. The van der Waals surface area contributed by atoms with Crippen LogP contribution in [0.3, 0.4) is 0 Å². The van der Waals surface area contributed by atoms with Gasteiger partial charge in [-0.2, -0.15) is 0 Å². The molecule has 1 rings (SSSR count). The molecular formula is C30H39N. The van der Waals surface area contributed by atoms with Crippen molar-refractivity contribution in [1.29, 1.82) is 0 Å². The highest BCUT2D eigenvalue weighted by Crippen LogP contribution is 2.18. The van der Waals surface area contributed by atoms with Crippen molar-refractivity contribution in [3.8, 4) is 0 Å². The normalized spacial score (nSPS) is 11.9. The highest BCUT2D eigenvalue weighted by molar-refractivity contribution is 5.55. The molecule has 0 aliphatic heterocycles. The maximum Gasteiger partial charge on any atom is 0.00724 e. The molecule has 1 N–H and O–H groups in total. The molecule has 1 aromatic carbocycles. The molecule has 0 saturated heterocycles. The van der Waals surface area contributed by atoms with Gasteiger partial charge in [0.05, 0.1) is 0 Å². The lowest BCUT2D eigenvalue weighted by Gasteiger charge is -2.09. The molecule has 0 atom stereocenters. The van der Waals surface area contributed by atoms with Crippen molar-refractivity contribution in [2.45, 2.75) is 47.5 Å². The summed E-state index contributed by atoms with van der Waals surface area (Å²) in [5.74, 6) is 0. The number of benzene rings is 1. The smallest absolute Gasteiger partial charge is 0.00724 e. The zero-order valence-electron chi connectivity index (χ0n) is 20.3. The molecule has 1 nitrogen and oxygen atoms in total. The Hall–Kier alpha value is -3.06. The monoisotopic (exact) mass is 413 g/mol. The molecular weight excluding hydrogens is 374 g/mol. The number of hydrogen-bond donors (Lipinski definition) is 1. The fourth-order valence-corrected chi connectivity index (χ4v) is 2.87. The van der Waals surface area contributed by atoms with Gasteiger partial charge < -0.3 is 5.32 Å². The molecule has 0 aromatic heterocycles. The summed E-state index contributed by atoms with van der Waals surface area (Å²) in [6.45, 7) is 18.9. The van der Waals surface area contributed by atoms with Crippen LogP contribution < -0.4 is 5.32 Å². The molecule has 0 radical (unpaired) electrons. The molecule has 0 amide bonds. The van der Waals surface area contributed by atoms with Crippen molar-refractivity contribution in [2.75, 3.05) is 7.05 Å². The van der Waals surface area contributed by atoms with Gasteiger partial charge in [-0.25, -0.2) is 0 Å². The second-order valence-electron chi connectivity index (χ2n) is 8.42. The lowest BCUT2D eigenvalue weighted by molar-refractivity contribution is 0.991. The molecule has 0 aliphatic carbocycles. The van der Waals surface area contributed by atoms with Crippen LogP contribution in [-0.4, -0.2) is 7.05 Å². The minimum absolute atomic E-state index is 0.827. The maximum atomic E-state index is 4.23. The van der Waals surface area contributed by atoms with Crippen molar-refractivity contribution in [1.82, 2.24) is 5.32 Å². The SMILES string of the molecule is C=C(/C=C\C=C(C)C)Cc1cc(/C=C\C=C(\C)NC)cc(CC(=C)/C=C\C=C(C)C)c1. The van der Waals surface area contributed by atoms with Crippen molar-refractivity contribution in [3.63, 3.8) is 0 Å². The first-order valence-electron chi connectivity index (χ1n) is 10.8. The van der Waals surface area contributed by atoms with Crippen LogP contribution in [0.2, 0.25) is 0 Å². The Morgan fingerprint density at radius 2 is 1.23 bits per heavy atom. The van der Waals surface area contributed by atoms with Gasteiger partial charge in [0, 0.05) is 12.7 Å². The first kappa shape index (κ1) is 26.0. The zero-order valence-corrected chi connectivity index (χ0v) is 20.3. The number of rotatable bonds is 11. The first-order chi connectivity index (χ1) is 14.7. The maximum absolute atomic E-state index is 4.23. The van der Waals surface area contributed by atoms with Gasteiger partial charge in [0.1, 0.15) is 0 Å². The van der Waals surface area contributed by atoms with Crippen molar-refractivity contribution in [3.05, 3.63) is 125 Å². The van der Waals surface area contributed by atoms with Crippen LogP contribution in [0.5, 0.6) is 0 Å². The van der Waals surface area contributed by atoms with E-state index in [-0.39, 0.29) is 0 Å². The summed E-state index contributed by atoms with van der Waals surface area (Å²) < 4.78 is 0. The van der Waals surface area contributed by atoms with Crippen molar-refractivity contribution >= 4 is 6.08 Å². The summed E-state index contributed by atoms with van der Waals surface area (Å²) in [7, 11) is 1.93. The number of nitrogens with one attached hydrogen (secondary N) is 1. The van der Waals surface area contributed by atoms with E-state index in [1.54, 1.807) is 0 Å². The predicted molar refractivity (Wildman–Crippen MR) is 141 cm³/mol. The van der Waals surface area contributed by atoms with Gasteiger partial charge in [-0.05, 0) is 70.2 Å². The minimum atomic E-state index is 0.827. The Labute approximate surface area is 190 Å². The fourth-order valence-electron chi connectivity index (χ4n) is 2.87. The van der Waals surface area contributed by atoms with Crippen molar-refractivity contribution < 1.29 is 0 Å². The van der Waals surface area contributed by atoms with Crippen LogP contribution in [0.1, 0.15) is 51.3 Å². The highest BCUT2D eigenvalue weighted by Gasteiger charge is 2.03. The molecule has 0 heterocycles.